The Bertz CT molecular complexity index is 669. The summed E-state index contributed by atoms with van der Waals surface area (Å²) in [4.78, 5) is 14.0. The predicted octanol–water partition coefficient (Wildman–Crippen LogP) is 3.37. The highest BCUT2D eigenvalue weighted by atomic mass is 16.1. The van der Waals surface area contributed by atoms with Crippen molar-refractivity contribution in [2.45, 2.75) is 64.5 Å². The predicted molar refractivity (Wildman–Crippen MR) is 92.6 cm³/mol. The molecule has 0 unspecified atom stereocenters. The number of benzene rings is 1. The van der Waals surface area contributed by atoms with Gasteiger partial charge in [-0.05, 0) is 44.0 Å². The quantitative estimate of drug-likeness (QED) is 0.874. The van der Waals surface area contributed by atoms with E-state index in [4.69, 9.17) is 0 Å². The number of rotatable bonds is 4. The molecule has 3 rings (SSSR count). The Morgan fingerprint density at radius 3 is 2.38 bits per heavy atom. The van der Waals surface area contributed by atoms with E-state index >= 15 is 0 Å². The lowest BCUT2D eigenvalue weighted by atomic mass is 10.1. The lowest BCUT2D eigenvalue weighted by Crippen LogP contribution is -2.34. The zero-order valence-electron chi connectivity index (χ0n) is 14.4. The van der Waals surface area contributed by atoms with Crippen molar-refractivity contribution in [3.63, 3.8) is 0 Å². The third kappa shape index (κ3) is 3.99. The monoisotopic (exact) mass is 327 g/mol. The van der Waals surface area contributed by atoms with Crippen molar-refractivity contribution in [1.82, 2.24) is 25.5 Å². The van der Waals surface area contributed by atoms with Gasteiger partial charge in [0.1, 0.15) is 0 Å². The molecule has 1 aromatic carbocycles. The maximum Gasteiger partial charge on any atom is 0.251 e. The molecular weight excluding hydrogens is 302 g/mol. The van der Waals surface area contributed by atoms with Gasteiger partial charge in [-0.2, -0.15) is 4.80 Å². The van der Waals surface area contributed by atoms with E-state index in [0.29, 0.717) is 17.4 Å². The highest BCUT2D eigenvalue weighted by Gasteiger charge is 2.16. The van der Waals surface area contributed by atoms with Crippen LogP contribution in [0.5, 0.6) is 0 Å². The van der Waals surface area contributed by atoms with E-state index in [1.54, 1.807) is 4.80 Å². The number of nitrogens with zero attached hydrogens (tertiary/aromatic N) is 4. The fourth-order valence-electron chi connectivity index (χ4n) is 3.02. The maximum absolute atomic E-state index is 12.4. The number of tetrazole rings is 1. The Kier molecular flexibility index (Phi) is 5.23. The molecule has 6 nitrogen and oxygen atoms in total. The number of carbonyl (C=O) groups excluding carboxylic acids is 1. The SMILES string of the molecule is CC(C)n1nnc(-c2ccc(C(=O)NC3CCCCCC3)cc2)n1. The molecule has 0 spiro atoms. The molecule has 1 fully saturated rings. The van der Waals surface area contributed by atoms with Crippen LogP contribution >= 0.6 is 0 Å². The van der Waals surface area contributed by atoms with Crippen molar-refractivity contribution in [1.29, 1.82) is 0 Å². The summed E-state index contributed by atoms with van der Waals surface area (Å²) in [5.74, 6) is 0.590. The molecule has 1 saturated carbocycles. The minimum absolute atomic E-state index is 0.00671. The Morgan fingerprint density at radius 1 is 1.12 bits per heavy atom. The van der Waals surface area contributed by atoms with Crippen molar-refractivity contribution >= 4 is 5.91 Å². The molecule has 1 aromatic heterocycles. The molecule has 24 heavy (non-hydrogen) atoms. The Hall–Kier alpha value is -2.24. The summed E-state index contributed by atoms with van der Waals surface area (Å²) >= 11 is 0. The number of carbonyl (C=O) groups is 1. The smallest absolute Gasteiger partial charge is 0.251 e. The molecule has 1 N–H and O–H groups in total. The first-order chi connectivity index (χ1) is 11.6. The zero-order valence-corrected chi connectivity index (χ0v) is 14.4. The van der Waals surface area contributed by atoms with Crippen LogP contribution in [0.25, 0.3) is 11.4 Å². The van der Waals surface area contributed by atoms with Gasteiger partial charge in [-0.25, -0.2) is 0 Å². The third-order valence-corrected chi connectivity index (χ3v) is 4.49. The van der Waals surface area contributed by atoms with E-state index in [0.717, 1.165) is 18.4 Å². The van der Waals surface area contributed by atoms with E-state index in [9.17, 15) is 4.79 Å². The van der Waals surface area contributed by atoms with E-state index < -0.39 is 0 Å². The van der Waals surface area contributed by atoms with Crippen LogP contribution in [0.4, 0.5) is 0 Å². The summed E-state index contributed by atoms with van der Waals surface area (Å²) in [6.07, 6.45) is 7.16. The lowest BCUT2D eigenvalue weighted by Gasteiger charge is -2.16. The van der Waals surface area contributed by atoms with Crippen LogP contribution in [0, 0.1) is 0 Å². The number of amides is 1. The summed E-state index contributed by atoms with van der Waals surface area (Å²) in [7, 11) is 0. The number of hydrogen-bond acceptors (Lipinski definition) is 4. The summed E-state index contributed by atoms with van der Waals surface area (Å²) in [5.41, 5.74) is 1.55. The van der Waals surface area contributed by atoms with Gasteiger partial charge in [-0.15, -0.1) is 10.2 Å². The Labute approximate surface area is 142 Å². The van der Waals surface area contributed by atoms with Gasteiger partial charge in [0.2, 0.25) is 5.82 Å². The van der Waals surface area contributed by atoms with Crippen LogP contribution in [0.2, 0.25) is 0 Å². The number of hydrogen-bond donors (Lipinski definition) is 1. The molecule has 0 radical (unpaired) electrons. The van der Waals surface area contributed by atoms with Gasteiger partial charge in [0.05, 0.1) is 6.04 Å². The average Bonchev–Trinajstić information content (AvgIpc) is 2.95. The Balaban J connectivity index is 1.65. The molecule has 0 bridgehead atoms. The molecule has 6 heteroatoms. The van der Waals surface area contributed by atoms with Gasteiger partial charge in [0.25, 0.3) is 5.91 Å². The van der Waals surface area contributed by atoms with Gasteiger partial charge < -0.3 is 5.32 Å². The molecular formula is C18H25N5O. The fourth-order valence-corrected chi connectivity index (χ4v) is 3.02. The molecule has 1 aliphatic rings. The average molecular weight is 327 g/mol. The summed E-state index contributed by atoms with van der Waals surface area (Å²) < 4.78 is 0. The van der Waals surface area contributed by atoms with Crippen LogP contribution in [0.1, 0.15) is 68.8 Å². The van der Waals surface area contributed by atoms with Gasteiger partial charge in [-0.3, -0.25) is 4.79 Å². The molecule has 0 aliphatic heterocycles. The largest absolute Gasteiger partial charge is 0.349 e. The summed E-state index contributed by atoms with van der Waals surface area (Å²) in [5, 5.41) is 15.6. The molecule has 128 valence electrons. The molecule has 1 amide bonds. The standard InChI is InChI=1S/C18H25N5O/c1-13(2)23-21-17(20-22-23)14-9-11-15(12-10-14)18(24)19-16-7-5-3-4-6-8-16/h9-13,16H,3-8H2,1-2H3,(H,19,24). The van der Waals surface area contributed by atoms with Crippen LogP contribution in [0.15, 0.2) is 24.3 Å². The maximum atomic E-state index is 12.4. The van der Waals surface area contributed by atoms with Gasteiger partial charge >= 0.3 is 0 Å². The van der Waals surface area contributed by atoms with Crippen LogP contribution in [-0.4, -0.2) is 32.2 Å². The molecule has 0 atom stereocenters. The highest BCUT2D eigenvalue weighted by molar-refractivity contribution is 5.94. The second-order valence-electron chi connectivity index (χ2n) is 6.77. The fraction of sp³-hybridized carbons (Fsp3) is 0.556. The van der Waals surface area contributed by atoms with E-state index in [1.165, 1.54) is 25.7 Å². The first-order valence-corrected chi connectivity index (χ1v) is 8.84. The van der Waals surface area contributed by atoms with Crippen LogP contribution < -0.4 is 5.32 Å². The summed E-state index contributed by atoms with van der Waals surface area (Å²) in [6.45, 7) is 4.01. The molecule has 1 heterocycles. The van der Waals surface area contributed by atoms with E-state index in [1.807, 2.05) is 38.1 Å². The van der Waals surface area contributed by atoms with Crippen LogP contribution in [0.3, 0.4) is 0 Å². The van der Waals surface area contributed by atoms with E-state index in [-0.39, 0.29) is 11.9 Å². The topological polar surface area (TPSA) is 72.7 Å². The first-order valence-electron chi connectivity index (χ1n) is 8.84. The second kappa shape index (κ2) is 7.55. The normalized spacial score (nSPS) is 16.1. The van der Waals surface area contributed by atoms with Crippen LogP contribution in [-0.2, 0) is 0 Å². The molecule has 1 aliphatic carbocycles. The first kappa shape index (κ1) is 16.6. The molecule has 0 saturated heterocycles. The van der Waals surface area contributed by atoms with E-state index in [2.05, 4.69) is 20.7 Å². The third-order valence-electron chi connectivity index (χ3n) is 4.49. The van der Waals surface area contributed by atoms with Crippen molar-refractivity contribution < 1.29 is 4.79 Å². The highest BCUT2D eigenvalue weighted by Crippen LogP contribution is 2.19. The Morgan fingerprint density at radius 2 is 1.79 bits per heavy atom. The minimum Gasteiger partial charge on any atom is -0.349 e. The summed E-state index contributed by atoms with van der Waals surface area (Å²) in [6, 6.07) is 7.91. The number of aromatic nitrogens is 4. The van der Waals surface area contributed by atoms with Crippen molar-refractivity contribution in [2.75, 3.05) is 0 Å². The second-order valence-corrected chi connectivity index (χ2v) is 6.77. The van der Waals surface area contributed by atoms with Gasteiger partial charge in [-0.1, -0.05) is 37.8 Å². The lowest BCUT2D eigenvalue weighted by molar-refractivity contribution is 0.0933. The van der Waals surface area contributed by atoms with Crippen molar-refractivity contribution in [2.24, 2.45) is 0 Å². The minimum atomic E-state index is 0.00671. The zero-order chi connectivity index (χ0) is 16.9. The van der Waals surface area contributed by atoms with Gasteiger partial charge in [0, 0.05) is 17.2 Å². The van der Waals surface area contributed by atoms with Gasteiger partial charge in [0.15, 0.2) is 0 Å². The molecule has 2 aromatic rings. The number of nitrogens with one attached hydrogen (secondary N) is 1. The van der Waals surface area contributed by atoms with Crippen molar-refractivity contribution in [3.05, 3.63) is 29.8 Å². The van der Waals surface area contributed by atoms with Crippen molar-refractivity contribution in [3.8, 4) is 11.4 Å².